The van der Waals surface area contributed by atoms with Gasteiger partial charge in [-0.2, -0.15) is 0 Å². The Bertz CT molecular complexity index is 933. The van der Waals surface area contributed by atoms with Gasteiger partial charge < -0.3 is 19.4 Å². The highest BCUT2D eigenvalue weighted by Crippen LogP contribution is 2.20. The quantitative estimate of drug-likeness (QED) is 0.592. The van der Waals surface area contributed by atoms with Crippen molar-refractivity contribution in [3.05, 3.63) is 67.0 Å². The number of ether oxygens (including phenoxy) is 2. The minimum absolute atomic E-state index is 0.181. The molecule has 6 nitrogen and oxygen atoms in total. The number of para-hydroxylation sites is 2. The van der Waals surface area contributed by atoms with Gasteiger partial charge >= 0.3 is 0 Å². The standard InChI is InChI=1S/C21H23N3O3/c1-3-21(25)22-12-11-20-23-18-9-4-5-10-19(18)24(20)13-14-27-17-8-6-7-16(15-17)26-2/h3-10,15H,1,11-14H2,2H3,(H,22,25). The van der Waals surface area contributed by atoms with E-state index in [1.165, 1.54) is 6.08 Å². The lowest BCUT2D eigenvalue weighted by atomic mass is 10.3. The summed E-state index contributed by atoms with van der Waals surface area (Å²) in [6, 6.07) is 15.5. The molecule has 0 aliphatic carbocycles. The third kappa shape index (κ3) is 4.67. The van der Waals surface area contributed by atoms with E-state index in [0.29, 0.717) is 26.1 Å². The number of hydrogen-bond donors (Lipinski definition) is 1. The van der Waals surface area contributed by atoms with Crippen molar-refractivity contribution in [3.63, 3.8) is 0 Å². The molecule has 2 aromatic carbocycles. The molecule has 0 atom stereocenters. The van der Waals surface area contributed by atoms with Gasteiger partial charge in [-0.1, -0.05) is 24.8 Å². The zero-order chi connectivity index (χ0) is 19.1. The summed E-state index contributed by atoms with van der Waals surface area (Å²) in [5, 5.41) is 2.79. The molecule has 0 radical (unpaired) electrons. The highest BCUT2D eigenvalue weighted by atomic mass is 16.5. The van der Waals surface area contributed by atoms with Gasteiger partial charge in [0.1, 0.15) is 23.9 Å². The van der Waals surface area contributed by atoms with Crippen LogP contribution in [0, 0.1) is 0 Å². The van der Waals surface area contributed by atoms with Crippen molar-refractivity contribution in [2.45, 2.75) is 13.0 Å². The second-order valence-corrected chi connectivity index (χ2v) is 5.94. The Morgan fingerprint density at radius 1 is 1.22 bits per heavy atom. The molecule has 1 aromatic heterocycles. The Morgan fingerprint density at radius 3 is 2.85 bits per heavy atom. The van der Waals surface area contributed by atoms with Crippen LogP contribution in [0.4, 0.5) is 0 Å². The predicted octanol–water partition coefficient (Wildman–Crippen LogP) is 2.97. The van der Waals surface area contributed by atoms with Gasteiger partial charge in [-0.05, 0) is 30.3 Å². The number of aromatic nitrogens is 2. The number of amides is 1. The molecule has 0 unspecified atom stereocenters. The van der Waals surface area contributed by atoms with E-state index in [9.17, 15) is 4.79 Å². The molecule has 0 saturated carbocycles. The molecule has 0 fully saturated rings. The average Bonchev–Trinajstić information content (AvgIpc) is 3.05. The predicted molar refractivity (Wildman–Crippen MR) is 105 cm³/mol. The first-order valence-electron chi connectivity index (χ1n) is 8.82. The Morgan fingerprint density at radius 2 is 2.04 bits per heavy atom. The van der Waals surface area contributed by atoms with Crippen LogP contribution in [0.25, 0.3) is 11.0 Å². The van der Waals surface area contributed by atoms with Crippen LogP contribution < -0.4 is 14.8 Å². The van der Waals surface area contributed by atoms with E-state index in [2.05, 4.69) is 16.5 Å². The van der Waals surface area contributed by atoms with Crippen LogP contribution in [0.15, 0.2) is 61.2 Å². The molecule has 0 spiro atoms. The molecule has 0 saturated heterocycles. The Kier molecular flexibility index (Phi) is 6.10. The number of methoxy groups -OCH3 is 1. The molecule has 0 bridgehead atoms. The zero-order valence-corrected chi connectivity index (χ0v) is 15.4. The van der Waals surface area contributed by atoms with Crippen LogP contribution in [0.1, 0.15) is 5.82 Å². The number of hydrogen-bond acceptors (Lipinski definition) is 4. The van der Waals surface area contributed by atoms with Crippen molar-refractivity contribution < 1.29 is 14.3 Å². The van der Waals surface area contributed by atoms with Crippen LogP contribution >= 0.6 is 0 Å². The number of fused-ring (bicyclic) bond motifs is 1. The number of nitrogens with one attached hydrogen (secondary N) is 1. The van der Waals surface area contributed by atoms with E-state index in [0.717, 1.165) is 28.4 Å². The Balaban J connectivity index is 1.70. The third-order valence-corrected chi connectivity index (χ3v) is 4.19. The number of carbonyl (C=O) groups excluding carboxylic acids is 1. The van der Waals surface area contributed by atoms with Crippen LogP contribution in [0.3, 0.4) is 0 Å². The van der Waals surface area contributed by atoms with Crippen LogP contribution in [0.5, 0.6) is 11.5 Å². The summed E-state index contributed by atoms with van der Waals surface area (Å²) in [5.41, 5.74) is 1.99. The third-order valence-electron chi connectivity index (χ3n) is 4.19. The summed E-state index contributed by atoms with van der Waals surface area (Å²) >= 11 is 0. The fourth-order valence-corrected chi connectivity index (χ4v) is 2.88. The monoisotopic (exact) mass is 365 g/mol. The number of nitrogens with zero attached hydrogens (tertiary/aromatic N) is 2. The minimum Gasteiger partial charge on any atom is -0.497 e. The van der Waals surface area contributed by atoms with Crippen molar-refractivity contribution in [3.8, 4) is 11.5 Å². The van der Waals surface area contributed by atoms with Crippen LogP contribution in [-0.2, 0) is 17.8 Å². The summed E-state index contributed by atoms with van der Waals surface area (Å²) in [7, 11) is 1.63. The topological polar surface area (TPSA) is 65.4 Å². The van der Waals surface area contributed by atoms with E-state index >= 15 is 0 Å². The van der Waals surface area contributed by atoms with E-state index in [-0.39, 0.29) is 5.91 Å². The molecule has 1 heterocycles. The summed E-state index contributed by atoms with van der Waals surface area (Å²) in [5.74, 6) is 2.26. The van der Waals surface area contributed by atoms with Crippen molar-refractivity contribution in [1.82, 2.24) is 14.9 Å². The molecule has 27 heavy (non-hydrogen) atoms. The fourth-order valence-electron chi connectivity index (χ4n) is 2.88. The molecule has 0 aliphatic heterocycles. The second-order valence-electron chi connectivity index (χ2n) is 5.94. The van der Waals surface area contributed by atoms with Gasteiger partial charge in [0, 0.05) is 19.0 Å². The van der Waals surface area contributed by atoms with E-state index in [1.807, 2.05) is 48.5 Å². The summed E-state index contributed by atoms with van der Waals surface area (Å²) in [4.78, 5) is 16.1. The van der Waals surface area contributed by atoms with Gasteiger partial charge in [0.2, 0.25) is 5.91 Å². The van der Waals surface area contributed by atoms with E-state index in [1.54, 1.807) is 7.11 Å². The SMILES string of the molecule is C=CC(=O)NCCc1nc2ccccc2n1CCOc1cccc(OC)c1. The molecule has 1 N–H and O–H groups in total. The number of benzene rings is 2. The summed E-state index contributed by atoms with van der Waals surface area (Å²) < 4.78 is 13.2. The molecule has 0 aliphatic rings. The molecule has 3 aromatic rings. The van der Waals surface area contributed by atoms with E-state index in [4.69, 9.17) is 14.5 Å². The first-order chi connectivity index (χ1) is 13.2. The van der Waals surface area contributed by atoms with Crippen molar-refractivity contribution in [2.24, 2.45) is 0 Å². The second kappa shape index (κ2) is 8.89. The largest absolute Gasteiger partial charge is 0.497 e. The first-order valence-corrected chi connectivity index (χ1v) is 8.82. The highest BCUT2D eigenvalue weighted by molar-refractivity contribution is 5.86. The molecular formula is C21H23N3O3. The van der Waals surface area contributed by atoms with E-state index < -0.39 is 0 Å². The lowest BCUT2D eigenvalue weighted by Gasteiger charge is -2.11. The molecular weight excluding hydrogens is 342 g/mol. The highest BCUT2D eigenvalue weighted by Gasteiger charge is 2.10. The zero-order valence-electron chi connectivity index (χ0n) is 15.4. The van der Waals surface area contributed by atoms with Crippen LogP contribution in [0.2, 0.25) is 0 Å². The average molecular weight is 365 g/mol. The Labute approximate surface area is 158 Å². The number of rotatable bonds is 9. The van der Waals surface area contributed by atoms with Crippen molar-refractivity contribution in [2.75, 3.05) is 20.3 Å². The smallest absolute Gasteiger partial charge is 0.243 e. The van der Waals surface area contributed by atoms with Crippen molar-refractivity contribution in [1.29, 1.82) is 0 Å². The molecule has 6 heteroatoms. The maximum absolute atomic E-state index is 11.4. The fraction of sp³-hybridized carbons (Fsp3) is 0.238. The normalized spacial score (nSPS) is 10.6. The molecule has 1 amide bonds. The maximum Gasteiger partial charge on any atom is 0.243 e. The minimum atomic E-state index is -0.181. The lowest BCUT2D eigenvalue weighted by Crippen LogP contribution is -2.24. The molecule has 3 rings (SSSR count). The molecule has 140 valence electrons. The van der Waals surface area contributed by atoms with Gasteiger partial charge in [-0.15, -0.1) is 0 Å². The van der Waals surface area contributed by atoms with Gasteiger partial charge in [-0.3, -0.25) is 4.79 Å². The Hall–Kier alpha value is -3.28. The first kappa shape index (κ1) is 18.5. The van der Waals surface area contributed by atoms with Crippen molar-refractivity contribution >= 4 is 16.9 Å². The van der Waals surface area contributed by atoms with Gasteiger partial charge in [0.05, 0.1) is 24.7 Å². The van der Waals surface area contributed by atoms with Gasteiger partial charge in [0.15, 0.2) is 0 Å². The summed E-state index contributed by atoms with van der Waals surface area (Å²) in [6.07, 6.45) is 1.90. The lowest BCUT2D eigenvalue weighted by molar-refractivity contribution is -0.116. The number of imidazole rings is 1. The summed E-state index contributed by atoms with van der Waals surface area (Å²) in [6.45, 7) is 5.12. The van der Waals surface area contributed by atoms with Gasteiger partial charge in [0.25, 0.3) is 0 Å². The number of carbonyl (C=O) groups is 1. The van der Waals surface area contributed by atoms with Crippen LogP contribution in [-0.4, -0.2) is 35.7 Å². The maximum atomic E-state index is 11.4. The van der Waals surface area contributed by atoms with Gasteiger partial charge in [-0.25, -0.2) is 4.98 Å².